The molecule has 7 heteroatoms. The fourth-order valence-corrected chi connectivity index (χ4v) is 5.66. The van der Waals surface area contributed by atoms with Crippen molar-refractivity contribution in [3.8, 4) is 11.5 Å². The van der Waals surface area contributed by atoms with Gasteiger partial charge in [0.25, 0.3) is 0 Å². The van der Waals surface area contributed by atoms with Crippen LogP contribution < -0.4 is 9.47 Å². The zero-order valence-corrected chi connectivity index (χ0v) is 23.8. The molecule has 0 spiro atoms. The Hall–Kier alpha value is -2.74. The van der Waals surface area contributed by atoms with Crippen LogP contribution in [0.25, 0.3) is 0 Å². The first-order chi connectivity index (χ1) is 17.6. The van der Waals surface area contributed by atoms with E-state index in [4.69, 9.17) is 9.47 Å². The zero-order chi connectivity index (χ0) is 27.0. The predicted molar refractivity (Wildman–Crippen MR) is 156 cm³/mol. The average Bonchev–Trinajstić information content (AvgIpc) is 2.87. The second kappa shape index (κ2) is 13.2. The molecule has 5 nitrogen and oxygen atoms in total. The smallest absolute Gasteiger partial charge is 0.319 e. The number of hydrogen-bond donors (Lipinski definition) is 2. The van der Waals surface area contributed by atoms with Gasteiger partial charge in [0, 0.05) is 22.1 Å². The lowest BCUT2D eigenvalue weighted by Crippen LogP contribution is -2.27. The van der Waals surface area contributed by atoms with E-state index in [2.05, 4.69) is 19.1 Å². The average molecular weight is 542 g/mol. The topological polar surface area (TPSA) is 76.0 Å². The lowest BCUT2D eigenvalue weighted by Gasteiger charge is -2.20. The summed E-state index contributed by atoms with van der Waals surface area (Å²) in [6, 6.07) is 21.5. The molecule has 0 radical (unpaired) electrons. The molecular formula is C30H37O5S2+. The van der Waals surface area contributed by atoms with Crippen LogP contribution in [0.4, 0.5) is 0 Å². The van der Waals surface area contributed by atoms with Crippen molar-refractivity contribution in [3.63, 3.8) is 0 Å². The summed E-state index contributed by atoms with van der Waals surface area (Å²) in [6.07, 6.45) is 1.50. The number of rotatable bonds is 12. The first-order valence-electron chi connectivity index (χ1n) is 12.4. The minimum Gasteiger partial charge on any atom is -0.493 e. The fraction of sp³-hybridized carbons (Fsp3) is 0.333. The van der Waals surface area contributed by atoms with Crippen molar-refractivity contribution in [1.82, 2.24) is 0 Å². The van der Waals surface area contributed by atoms with Gasteiger partial charge in [0.2, 0.25) is 0 Å². The van der Waals surface area contributed by atoms with Gasteiger partial charge in [-0.15, -0.1) is 11.8 Å². The number of aliphatic carboxylic acids is 1. The van der Waals surface area contributed by atoms with Crippen LogP contribution in [0.1, 0.15) is 50.8 Å². The highest BCUT2D eigenvalue weighted by Gasteiger charge is 2.29. The monoisotopic (exact) mass is 541 g/mol. The van der Waals surface area contributed by atoms with Crippen molar-refractivity contribution in [1.29, 1.82) is 0 Å². The largest absolute Gasteiger partial charge is 0.493 e. The molecule has 0 amide bonds. The van der Waals surface area contributed by atoms with Crippen LogP contribution in [0.3, 0.4) is 0 Å². The number of benzene rings is 3. The summed E-state index contributed by atoms with van der Waals surface area (Å²) in [4.78, 5) is 13.3. The molecule has 2 unspecified atom stereocenters. The minimum absolute atomic E-state index is 0.0893. The summed E-state index contributed by atoms with van der Waals surface area (Å²) in [5.74, 6) is 0.657. The molecule has 0 saturated carbocycles. The van der Waals surface area contributed by atoms with Crippen LogP contribution in [0, 0.1) is 6.92 Å². The molecule has 198 valence electrons. The third-order valence-corrected chi connectivity index (χ3v) is 8.63. The lowest BCUT2D eigenvalue weighted by molar-refractivity contribution is -0.138. The van der Waals surface area contributed by atoms with Crippen molar-refractivity contribution >= 4 is 33.9 Å². The van der Waals surface area contributed by atoms with E-state index in [9.17, 15) is 14.5 Å². The van der Waals surface area contributed by atoms with E-state index < -0.39 is 21.5 Å². The number of aryl methyl sites for hydroxylation is 2. The number of thiol groups is 1. The SMILES string of the molecule is CCc1ccc(OC(C)CCOc2ccc(SC(C)(C)C(=O)O)c(C)c2)c(C=[SH+](O)c2ccccc2)c1. The Morgan fingerprint density at radius 1 is 1.11 bits per heavy atom. The van der Waals surface area contributed by atoms with Gasteiger partial charge in [-0.2, -0.15) is 0 Å². The number of carbonyl (C=O) groups is 1. The standard InChI is InChI=1S/C30H36O5S2/c1-6-23-12-14-27(24(19-23)20-37(33)26-10-8-7-9-11-26)35-22(3)16-17-34-25-13-15-28(21(2)18-25)36-30(4,5)29(31)32/h7-15,18-20,22,33H,6,16-17H2,1-5H3,(H,31,32)/p+1. The van der Waals surface area contributed by atoms with E-state index in [1.807, 2.05) is 73.8 Å². The molecule has 0 bridgehead atoms. The molecule has 0 aliphatic heterocycles. The van der Waals surface area contributed by atoms with Gasteiger partial charge in [-0.05, 0) is 87.7 Å². The quantitative estimate of drug-likeness (QED) is 0.114. The van der Waals surface area contributed by atoms with Gasteiger partial charge < -0.3 is 14.6 Å². The predicted octanol–water partition coefficient (Wildman–Crippen LogP) is 6.78. The Morgan fingerprint density at radius 3 is 2.49 bits per heavy atom. The maximum atomic E-state index is 11.4. The van der Waals surface area contributed by atoms with Gasteiger partial charge in [-0.1, -0.05) is 31.2 Å². The van der Waals surface area contributed by atoms with Crippen molar-refractivity contribution in [2.45, 2.75) is 68.1 Å². The molecule has 3 aromatic carbocycles. The van der Waals surface area contributed by atoms with Crippen molar-refractivity contribution < 1.29 is 23.9 Å². The Labute approximate surface area is 227 Å². The molecule has 3 aromatic rings. The van der Waals surface area contributed by atoms with E-state index in [1.54, 1.807) is 13.8 Å². The molecule has 37 heavy (non-hydrogen) atoms. The Morgan fingerprint density at radius 2 is 1.84 bits per heavy atom. The van der Waals surface area contributed by atoms with Gasteiger partial charge in [-0.25, -0.2) is 4.55 Å². The van der Waals surface area contributed by atoms with Crippen molar-refractivity contribution in [3.05, 3.63) is 83.4 Å². The molecule has 0 aliphatic carbocycles. The second-order valence-corrected chi connectivity index (χ2v) is 12.6. The van der Waals surface area contributed by atoms with Gasteiger partial charge in [0.15, 0.2) is 0 Å². The summed E-state index contributed by atoms with van der Waals surface area (Å²) >= 11 is 1.33. The van der Waals surface area contributed by atoms with E-state index >= 15 is 0 Å². The summed E-state index contributed by atoms with van der Waals surface area (Å²) in [5, 5.41) is 11.3. The molecule has 0 heterocycles. The van der Waals surface area contributed by atoms with Gasteiger partial charge >= 0.3 is 5.97 Å². The Kier molecular flexibility index (Phi) is 10.3. The third-order valence-electron chi connectivity index (χ3n) is 5.91. The highest BCUT2D eigenvalue weighted by molar-refractivity contribution is 8.01. The highest BCUT2D eigenvalue weighted by atomic mass is 32.2. The summed E-state index contributed by atoms with van der Waals surface area (Å²) in [7, 11) is -1.43. The van der Waals surface area contributed by atoms with Gasteiger partial charge in [0.1, 0.15) is 26.5 Å². The van der Waals surface area contributed by atoms with Crippen molar-refractivity contribution in [2.24, 2.45) is 0 Å². The summed E-state index contributed by atoms with van der Waals surface area (Å²) in [6.45, 7) is 9.97. The van der Waals surface area contributed by atoms with Crippen LogP contribution in [0.15, 0.2) is 76.5 Å². The van der Waals surface area contributed by atoms with Crippen LogP contribution in [-0.2, 0) is 22.0 Å². The zero-order valence-electron chi connectivity index (χ0n) is 22.1. The molecule has 0 aliphatic rings. The summed E-state index contributed by atoms with van der Waals surface area (Å²) < 4.78 is 22.1. The van der Waals surface area contributed by atoms with Crippen LogP contribution in [-0.4, -0.2) is 38.5 Å². The number of ether oxygens (including phenoxy) is 2. The number of thioether (sulfide) groups is 1. The van der Waals surface area contributed by atoms with E-state index in [-0.39, 0.29) is 6.10 Å². The molecule has 2 atom stereocenters. The van der Waals surface area contributed by atoms with Gasteiger partial charge in [-0.3, -0.25) is 4.79 Å². The maximum Gasteiger partial charge on any atom is 0.319 e. The van der Waals surface area contributed by atoms with Gasteiger partial charge in [0.05, 0.1) is 18.3 Å². The first-order valence-corrected chi connectivity index (χ1v) is 14.6. The first kappa shape index (κ1) is 28.8. The van der Waals surface area contributed by atoms with Crippen LogP contribution in [0.5, 0.6) is 11.5 Å². The van der Waals surface area contributed by atoms with Crippen LogP contribution in [0.2, 0.25) is 0 Å². The molecular weight excluding hydrogens is 504 g/mol. The molecule has 0 saturated heterocycles. The highest BCUT2D eigenvalue weighted by Crippen LogP contribution is 2.36. The Balaban J connectivity index is 1.62. The number of carboxylic acid groups (broad SMARTS) is 1. The summed E-state index contributed by atoms with van der Waals surface area (Å²) in [5.41, 5.74) is 3.07. The normalized spacial score (nSPS) is 13.2. The van der Waals surface area contributed by atoms with Crippen molar-refractivity contribution in [2.75, 3.05) is 6.61 Å². The van der Waals surface area contributed by atoms with E-state index in [0.717, 1.165) is 38.8 Å². The van der Waals surface area contributed by atoms with Crippen LogP contribution >= 0.6 is 11.8 Å². The van der Waals surface area contributed by atoms with E-state index in [1.165, 1.54) is 17.3 Å². The molecule has 3 rings (SSSR count). The molecule has 2 N–H and O–H groups in total. The number of hydrogen-bond acceptors (Lipinski definition) is 5. The fourth-order valence-electron chi connectivity index (χ4n) is 3.58. The molecule has 0 aromatic heterocycles. The molecule has 0 fully saturated rings. The Bertz CT molecular complexity index is 1240. The minimum atomic E-state index is -1.43. The second-order valence-electron chi connectivity index (χ2n) is 9.45. The van der Waals surface area contributed by atoms with E-state index in [0.29, 0.717) is 13.0 Å². The third kappa shape index (κ3) is 8.38. The number of carboxylic acids is 1. The maximum absolute atomic E-state index is 11.4. The lowest BCUT2D eigenvalue weighted by atomic mass is 10.1.